The molecule has 0 amide bonds. The molecule has 2 heterocycles. The van der Waals surface area contributed by atoms with Gasteiger partial charge in [0.25, 0.3) is 0 Å². The zero-order valence-corrected chi connectivity index (χ0v) is 16.8. The SMILES string of the molecule is COc1ccccc1[C@H]1C=C2Nc3ccccc3S[C@@H](c3ccco3)[C@H]2C(=O)C1. The molecule has 3 aromatic rings. The van der Waals surface area contributed by atoms with Gasteiger partial charge in [-0.1, -0.05) is 36.4 Å². The maximum Gasteiger partial charge on any atom is 0.144 e. The molecule has 0 saturated carbocycles. The normalized spacial score (nSPS) is 23.3. The number of Topliss-reactive ketones (excluding diaryl/α,β-unsaturated/α-hetero) is 1. The van der Waals surface area contributed by atoms with Crippen LogP contribution in [0, 0.1) is 5.92 Å². The van der Waals surface area contributed by atoms with Crippen LogP contribution in [-0.4, -0.2) is 12.9 Å². The fraction of sp³-hybridized carbons (Fsp3) is 0.208. The van der Waals surface area contributed by atoms with Gasteiger partial charge in [0.2, 0.25) is 0 Å². The molecule has 1 aromatic heterocycles. The van der Waals surface area contributed by atoms with Crippen LogP contribution in [0.5, 0.6) is 5.75 Å². The van der Waals surface area contributed by atoms with Crippen LogP contribution in [-0.2, 0) is 4.79 Å². The van der Waals surface area contributed by atoms with Crippen LogP contribution in [0.3, 0.4) is 0 Å². The van der Waals surface area contributed by atoms with Crippen molar-refractivity contribution in [1.29, 1.82) is 0 Å². The van der Waals surface area contributed by atoms with Crippen molar-refractivity contribution in [1.82, 2.24) is 0 Å². The summed E-state index contributed by atoms with van der Waals surface area (Å²) in [5.74, 6) is 1.56. The van der Waals surface area contributed by atoms with E-state index in [0.717, 1.165) is 33.4 Å². The van der Waals surface area contributed by atoms with E-state index >= 15 is 0 Å². The van der Waals surface area contributed by atoms with Crippen molar-refractivity contribution in [2.45, 2.75) is 22.5 Å². The Kier molecular flexibility index (Phi) is 4.68. The Labute approximate surface area is 174 Å². The van der Waals surface area contributed by atoms with Crippen molar-refractivity contribution >= 4 is 23.2 Å². The summed E-state index contributed by atoms with van der Waals surface area (Å²) in [5, 5.41) is 3.46. The average molecular weight is 404 g/mol. The number of carbonyl (C=O) groups excluding carboxylic acids is 1. The molecule has 1 aliphatic heterocycles. The van der Waals surface area contributed by atoms with Gasteiger partial charge in [-0.3, -0.25) is 4.79 Å². The molecule has 29 heavy (non-hydrogen) atoms. The molecule has 2 aliphatic rings. The Bertz CT molecular complexity index is 1070. The average Bonchev–Trinajstić information content (AvgIpc) is 3.22. The molecule has 1 N–H and O–H groups in total. The second kappa shape index (κ2) is 7.48. The molecule has 3 atom stereocenters. The zero-order chi connectivity index (χ0) is 19.8. The first-order valence-corrected chi connectivity index (χ1v) is 10.6. The third-order valence-electron chi connectivity index (χ3n) is 5.57. The molecular formula is C24H21NO3S. The molecule has 0 fully saturated rings. The van der Waals surface area contributed by atoms with Gasteiger partial charge in [0, 0.05) is 28.5 Å². The van der Waals surface area contributed by atoms with Crippen LogP contribution >= 0.6 is 11.8 Å². The summed E-state index contributed by atoms with van der Waals surface area (Å²) in [5.41, 5.74) is 3.00. The number of allylic oxidation sites excluding steroid dienone is 2. The Balaban J connectivity index is 1.63. The van der Waals surface area contributed by atoms with Gasteiger partial charge in [0.1, 0.15) is 17.3 Å². The Hall–Kier alpha value is -2.92. The van der Waals surface area contributed by atoms with E-state index in [1.165, 1.54) is 0 Å². The van der Waals surface area contributed by atoms with Crippen LogP contribution < -0.4 is 10.1 Å². The number of fused-ring (bicyclic) bond motifs is 2. The Morgan fingerprint density at radius 3 is 2.72 bits per heavy atom. The number of carbonyl (C=O) groups is 1. The standard InChI is InChI=1S/C24H21NO3S/c1-27-20-9-4-2-7-16(20)15-13-18-23(19(26)14-15)24(21-10-6-12-28-21)29-22-11-5-3-8-17(22)25-18/h2-13,15,23-25H,14H2,1H3/t15-,23+,24-/m0/s1. The molecular weight excluding hydrogens is 382 g/mol. The lowest BCUT2D eigenvalue weighted by Crippen LogP contribution is -2.30. The number of para-hydroxylation sites is 2. The molecule has 5 heteroatoms. The molecule has 0 spiro atoms. The van der Waals surface area contributed by atoms with Crippen molar-refractivity contribution < 1.29 is 13.9 Å². The fourth-order valence-corrected chi connectivity index (χ4v) is 5.59. The maximum absolute atomic E-state index is 13.4. The molecule has 0 unspecified atom stereocenters. The number of thioether (sulfide) groups is 1. The highest BCUT2D eigenvalue weighted by Crippen LogP contribution is 2.52. The van der Waals surface area contributed by atoms with Gasteiger partial charge in [-0.25, -0.2) is 0 Å². The van der Waals surface area contributed by atoms with Crippen LogP contribution in [0.1, 0.15) is 28.9 Å². The highest BCUT2D eigenvalue weighted by molar-refractivity contribution is 7.99. The second-order valence-corrected chi connectivity index (χ2v) is 8.48. The number of benzene rings is 2. The number of anilines is 1. The lowest BCUT2D eigenvalue weighted by Gasteiger charge is -2.31. The molecule has 0 radical (unpaired) electrons. The zero-order valence-electron chi connectivity index (χ0n) is 16.0. The summed E-state index contributed by atoms with van der Waals surface area (Å²) in [6.07, 6.45) is 4.32. The van der Waals surface area contributed by atoms with E-state index in [0.29, 0.717) is 6.42 Å². The van der Waals surface area contributed by atoms with E-state index in [-0.39, 0.29) is 22.9 Å². The number of rotatable bonds is 3. The predicted molar refractivity (Wildman–Crippen MR) is 114 cm³/mol. The van der Waals surface area contributed by atoms with E-state index < -0.39 is 0 Å². The number of methoxy groups -OCH3 is 1. The molecule has 4 nitrogen and oxygen atoms in total. The van der Waals surface area contributed by atoms with Crippen LogP contribution in [0.4, 0.5) is 5.69 Å². The van der Waals surface area contributed by atoms with Crippen molar-refractivity contribution in [2.75, 3.05) is 12.4 Å². The summed E-state index contributed by atoms with van der Waals surface area (Å²) >= 11 is 1.69. The molecule has 2 aromatic carbocycles. The summed E-state index contributed by atoms with van der Waals surface area (Å²) in [4.78, 5) is 14.6. The summed E-state index contributed by atoms with van der Waals surface area (Å²) < 4.78 is 11.3. The van der Waals surface area contributed by atoms with Gasteiger partial charge in [-0.15, -0.1) is 11.8 Å². The van der Waals surface area contributed by atoms with Gasteiger partial charge in [-0.2, -0.15) is 0 Å². The molecule has 0 bridgehead atoms. The summed E-state index contributed by atoms with van der Waals surface area (Å²) in [6, 6.07) is 19.9. The lowest BCUT2D eigenvalue weighted by atomic mass is 9.79. The summed E-state index contributed by atoms with van der Waals surface area (Å²) in [6.45, 7) is 0. The van der Waals surface area contributed by atoms with Crippen molar-refractivity contribution in [2.24, 2.45) is 5.92 Å². The highest BCUT2D eigenvalue weighted by Gasteiger charge is 2.41. The van der Waals surface area contributed by atoms with Gasteiger partial charge < -0.3 is 14.5 Å². The quantitative estimate of drug-likeness (QED) is 0.599. The van der Waals surface area contributed by atoms with Crippen molar-refractivity contribution in [3.05, 3.63) is 90.0 Å². The number of furan rings is 1. The fourth-order valence-electron chi connectivity index (χ4n) is 4.23. The minimum absolute atomic E-state index is 0.0232. The number of hydrogen-bond donors (Lipinski definition) is 1. The van der Waals surface area contributed by atoms with Gasteiger partial charge >= 0.3 is 0 Å². The molecule has 146 valence electrons. The maximum atomic E-state index is 13.4. The number of ketones is 1. The largest absolute Gasteiger partial charge is 0.496 e. The van der Waals surface area contributed by atoms with Crippen LogP contribution in [0.15, 0.2) is 88.0 Å². The topological polar surface area (TPSA) is 51.5 Å². The van der Waals surface area contributed by atoms with E-state index in [1.54, 1.807) is 25.1 Å². The Morgan fingerprint density at radius 1 is 1.07 bits per heavy atom. The van der Waals surface area contributed by atoms with E-state index in [9.17, 15) is 4.79 Å². The highest BCUT2D eigenvalue weighted by atomic mass is 32.2. The second-order valence-electron chi connectivity index (χ2n) is 7.29. The smallest absolute Gasteiger partial charge is 0.144 e. The van der Waals surface area contributed by atoms with Crippen LogP contribution in [0.2, 0.25) is 0 Å². The summed E-state index contributed by atoms with van der Waals surface area (Å²) in [7, 11) is 1.67. The van der Waals surface area contributed by atoms with Gasteiger partial charge in [-0.05, 0) is 30.3 Å². The minimum Gasteiger partial charge on any atom is -0.496 e. The van der Waals surface area contributed by atoms with E-state index in [1.807, 2.05) is 48.5 Å². The van der Waals surface area contributed by atoms with Crippen LogP contribution in [0.25, 0.3) is 0 Å². The number of nitrogens with one attached hydrogen (secondary N) is 1. The Morgan fingerprint density at radius 2 is 1.90 bits per heavy atom. The minimum atomic E-state index is -0.274. The molecule has 5 rings (SSSR count). The predicted octanol–water partition coefficient (Wildman–Crippen LogP) is 5.80. The lowest BCUT2D eigenvalue weighted by molar-refractivity contribution is -0.122. The monoisotopic (exact) mass is 403 g/mol. The van der Waals surface area contributed by atoms with E-state index in [2.05, 4.69) is 23.5 Å². The third kappa shape index (κ3) is 3.25. The molecule has 0 saturated heterocycles. The van der Waals surface area contributed by atoms with E-state index in [4.69, 9.17) is 9.15 Å². The van der Waals surface area contributed by atoms with Gasteiger partial charge in [0.05, 0.1) is 30.2 Å². The number of ether oxygens (including phenoxy) is 1. The first kappa shape index (κ1) is 18.1. The van der Waals surface area contributed by atoms with Crippen molar-refractivity contribution in [3.63, 3.8) is 0 Å². The first-order valence-electron chi connectivity index (χ1n) is 9.68. The number of hydrogen-bond acceptors (Lipinski definition) is 5. The van der Waals surface area contributed by atoms with Gasteiger partial charge in [0.15, 0.2) is 0 Å². The molecule has 1 aliphatic carbocycles. The first-order chi connectivity index (χ1) is 14.2. The van der Waals surface area contributed by atoms with Crippen molar-refractivity contribution in [3.8, 4) is 5.75 Å². The third-order valence-corrected chi connectivity index (χ3v) is 6.94.